The van der Waals surface area contributed by atoms with Crippen LogP contribution in [0.25, 0.3) is 0 Å². The largest absolute Gasteiger partial charge is 0.416 e. The van der Waals surface area contributed by atoms with Crippen LogP contribution in [0.5, 0.6) is 0 Å². The predicted molar refractivity (Wildman–Crippen MR) is 64.8 cm³/mol. The lowest BCUT2D eigenvalue weighted by Gasteiger charge is -2.09. The summed E-state index contributed by atoms with van der Waals surface area (Å²) < 4.78 is 36.9. The van der Waals surface area contributed by atoms with Crippen LogP contribution in [0.15, 0.2) is 24.3 Å². The molecule has 1 amide bonds. The van der Waals surface area contributed by atoms with E-state index in [9.17, 15) is 18.0 Å². The second-order valence-electron chi connectivity index (χ2n) is 3.72. The summed E-state index contributed by atoms with van der Waals surface area (Å²) in [5.41, 5.74) is 10.5. The number of halogens is 3. The number of amides is 1. The molecule has 0 saturated heterocycles. The van der Waals surface area contributed by atoms with Crippen molar-refractivity contribution in [2.24, 2.45) is 11.5 Å². The third-order valence-corrected chi connectivity index (χ3v) is 3.35. The monoisotopic (exact) mass is 278 g/mol. The Morgan fingerprint density at radius 2 is 1.83 bits per heavy atom. The average molecular weight is 278 g/mol. The van der Waals surface area contributed by atoms with Crippen molar-refractivity contribution in [1.29, 1.82) is 0 Å². The zero-order valence-electron chi connectivity index (χ0n) is 9.41. The van der Waals surface area contributed by atoms with Gasteiger partial charge in [0.2, 0.25) is 5.91 Å². The maximum Gasteiger partial charge on any atom is 0.416 e. The molecule has 0 fully saturated rings. The van der Waals surface area contributed by atoms with Crippen LogP contribution in [0.4, 0.5) is 13.2 Å². The minimum atomic E-state index is -4.32. The second-order valence-corrected chi connectivity index (χ2v) is 4.75. The SMILES string of the molecule is NC(=O)C(N)CSCc1ccc(C(F)(F)F)cc1. The predicted octanol–water partition coefficient (Wildman–Crippen LogP) is 1.75. The number of rotatable bonds is 5. The van der Waals surface area contributed by atoms with Crippen molar-refractivity contribution in [3.63, 3.8) is 0 Å². The molecule has 0 heterocycles. The summed E-state index contributed by atoms with van der Waals surface area (Å²) in [6.45, 7) is 0. The van der Waals surface area contributed by atoms with Gasteiger partial charge >= 0.3 is 6.18 Å². The van der Waals surface area contributed by atoms with Gasteiger partial charge in [-0.1, -0.05) is 12.1 Å². The third kappa shape index (κ3) is 4.58. The van der Waals surface area contributed by atoms with Crippen molar-refractivity contribution < 1.29 is 18.0 Å². The molecule has 18 heavy (non-hydrogen) atoms. The quantitative estimate of drug-likeness (QED) is 0.862. The molecule has 0 aliphatic carbocycles. The molecule has 1 atom stereocenters. The zero-order valence-corrected chi connectivity index (χ0v) is 10.2. The van der Waals surface area contributed by atoms with Crippen LogP contribution >= 0.6 is 11.8 Å². The molecule has 0 radical (unpaired) electrons. The number of benzene rings is 1. The normalized spacial score (nSPS) is 13.3. The lowest BCUT2D eigenvalue weighted by Crippen LogP contribution is -2.38. The summed E-state index contributed by atoms with van der Waals surface area (Å²) in [5, 5.41) is 0. The molecule has 0 aliphatic heterocycles. The fourth-order valence-electron chi connectivity index (χ4n) is 1.18. The minimum Gasteiger partial charge on any atom is -0.368 e. The Hall–Kier alpha value is -1.21. The highest BCUT2D eigenvalue weighted by molar-refractivity contribution is 7.98. The van der Waals surface area contributed by atoms with Crippen molar-refractivity contribution >= 4 is 17.7 Å². The summed E-state index contributed by atoms with van der Waals surface area (Å²) in [6.07, 6.45) is -4.32. The first-order valence-electron chi connectivity index (χ1n) is 5.09. The summed E-state index contributed by atoms with van der Waals surface area (Å²) in [4.78, 5) is 10.7. The Kier molecular flexibility index (Phi) is 5.03. The van der Waals surface area contributed by atoms with E-state index in [-0.39, 0.29) is 0 Å². The number of carbonyl (C=O) groups is 1. The maximum atomic E-state index is 12.3. The van der Waals surface area contributed by atoms with E-state index in [2.05, 4.69) is 0 Å². The molecule has 3 nitrogen and oxygen atoms in total. The van der Waals surface area contributed by atoms with E-state index in [0.717, 1.165) is 17.7 Å². The summed E-state index contributed by atoms with van der Waals surface area (Å²) in [6, 6.07) is 4.15. The van der Waals surface area contributed by atoms with Crippen molar-refractivity contribution in [1.82, 2.24) is 0 Å². The van der Waals surface area contributed by atoms with Gasteiger partial charge in [-0.15, -0.1) is 0 Å². The van der Waals surface area contributed by atoms with Gasteiger partial charge in [-0.25, -0.2) is 0 Å². The third-order valence-electron chi connectivity index (χ3n) is 2.21. The molecule has 100 valence electrons. The summed E-state index contributed by atoms with van der Waals surface area (Å²) >= 11 is 1.35. The van der Waals surface area contributed by atoms with Crippen molar-refractivity contribution in [2.45, 2.75) is 18.0 Å². The van der Waals surface area contributed by atoms with Gasteiger partial charge in [0, 0.05) is 11.5 Å². The number of carbonyl (C=O) groups excluding carboxylic acids is 1. The lowest BCUT2D eigenvalue weighted by molar-refractivity contribution is -0.137. The number of hydrogen-bond acceptors (Lipinski definition) is 3. The molecule has 0 saturated carbocycles. The van der Waals surface area contributed by atoms with E-state index in [4.69, 9.17) is 11.5 Å². The van der Waals surface area contributed by atoms with Gasteiger partial charge in [-0.2, -0.15) is 24.9 Å². The van der Waals surface area contributed by atoms with E-state index in [0.29, 0.717) is 11.5 Å². The first kappa shape index (κ1) is 14.8. The van der Waals surface area contributed by atoms with Crippen molar-refractivity contribution in [2.75, 3.05) is 5.75 Å². The molecule has 4 N–H and O–H groups in total. The van der Waals surface area contributed by atoms with Gasteiger partial charge in [0.1, 0.15) is 0 Å². The minimum absolute atomic E-state index is 0.344. The number of primary amides is 1. The lowest BCUT2D eigenvalue weighted by atomic mass is 10.1. The fourth-order valence-corrected chi connectivity index (χ4v) is 2.14. The van der Waals surface area contributed by atoms with E-state index in [1.807, 2.05) is 0 Å². The summed E-state index contributed by atoms with van der Waals surface area (Å²) in [7, 11) is 0. The van der Waals surface area contributed by atoms with Crippen LogP contribution in [0.2, 0.25) is 0 Å². The Labute approximate surface area is 107 Å². The van der Waals surface area contributed by atoms with Crippen LogP contribution in [0.3, 0.4) is 0 Å². The molecule has 0 bridgehead atoms. The zero-order chi connectivity index (χ0) is 13.8. The Morgan fingerprint density at radius 3 is 2.28 bits per heavy atom. The number of alkyl halides is 3. The van der Waals surface area contributed by atoms with Crippen LogP contribution in [-0.4, -0.2) is 17.7 Å². The molecule has 0 aliphatic rings. The molecule has 1 unspecified atom stereocenters. The van der Waals surface area contributed by atoms with Crippen LogP contribution < -0.4 is 11.5 Å². The molecule has 7 heteroatoms. The van der Waals surface area contributed by atoms with Gasteiger partial charge < -0.3 is 11.5 Å². The molecule has 1 rings (SSSR count). The van der Waals surface area contributed by atoms with Crippen LogP contribution in [-0.2, 0) is 16.7 Å². The maximum absolute atomic E-state index is 12.3. The van der Waals surface area contributed by atoms with Gasteiger partial charge in [0.15, 0.2) is 0 Å². The van der Waals surface area contributed by atoms with Gasteiger partial charge in [0.25, 0.3) is 0 Å². The van der Waals surface area contributed by atoms with E-state index < -0.39 is 23.7 Å². The molecular formula is C11H13F3N2OS. The topological polar surface area (TPSA) is 69.1 Å². The molecular weight excluding hydrogens is 265 g/mol. The first-order chi connectivity index (χ1) is 8.30. The van der Waals surface area contributed by atoms with E-state index in [1.54, 1.807) is 0 Å². The average Bonchev–Trinajstić information content (AvgIpc) is 2.28. The highest BCUT2D eigenvalue weighted by Gasteiger charge is 2.29. The molecule has 1 aromatic carbocycles. The summed E-state index contributed by atoms with van der Waals surface area (Å²) in [5.74, 6) is 0.241. The number of nitrogens with two attached hydrogens (primary N) is 2. The van der Waals surface area contributed by atoms with E-state index >= 15 is 0 Å². The van der Waals surface area contributed by atoms with Crippen molar-refractivity contribution in [3.8, 4) is 0 Å². The first-order valence-corrected chi connectivity index (χ1v) is 6.25. The van der Waals surface area contributed by atoms with Crippen LogP contribution in [0, 0.1) is 0 Å². The molecule has 1 aromatic rings. The number of hydrogen-bond donors (Lipinski definition) is 2. The van der Waals surface area contributed by atoms with Gasteiger partial charge in [-0.3, -0.25) is 4.79 Å². The van der Waals surface area contributed by atoms with Crippen molar-refractivity contribution in [3.05, 3.63) is 35.4 Å². The Balaban J connectivity index is 2.47. The second kappa shape index (κ2) is 6.10. The van der Waals surface area contributed by atoms with Gasteiger partial charge in [-0.05, 0) is 17.7 Å². The van der Waals surface area contributed by atoms with E-state index in [1.165, 1.54) is 23.9 Å². The smallest absolute Gasteiger partial charge is 0.368 e. The highest BCUT2D eigenvalue weighted by atomic mass is 32.2. The molecule has 0 spiro atoms. The molecule has 0 aromatic heterocycles. The fraction of sp³-hybridized carbons (Fsp3) is 0.364. The number of thioether (sulfide) groups is 1. The van der Waals surface area contributed by atoms with Gasteiger partial charge in [0.05, 0.1) is 11.6 Å². The Morgan fingerprint density at radius 1 is 1.28 bits per heavy atom. The standard InChI is InChI=1S/C11H13F3N2OS/c12-11(13,14)8-3-1-7(2-4-8)5-18-6-9(15)10(16)17/h1-4,9H,5-6,15H2,(H2,16,17). The van der Waals surface area contributed by atoms with Crippen LogP contribution in [0.1, 0.15) is 11.1 Å². The highest BCUT2D eigenvalue weighted by Crippen LogP contribution is 2.29. The Bertz CT molecular complexity index is 406.